The van der Waals surface area contributed by atoms with Gasteiger partial charge in [-0.2, -0.15) is 0 Å². The lowest BCUT2D eigenvalue weighted by Crippen LogP contribution is -2.49. The number of hydrogen-bond acceptors (Lipinski definition) is 1. The summed E-state index contributed by atoms with van der Waals surface area (Å²) in [7, 11) is 10.2. The molecule has 1 saturated heterocycles. The van der Waals surface area contributed by atoms with Crippen LogP contribution in [0, 0.1) is 5.92 Å². The van der Waals surface area contributed by atoms with Crippen LogP contribution in [-0.2, 0) is 0 Å². The standard InChI is InChI=1S/C11H19BN2/c1-13-11-7-6-8-9(12)4-3-5-10(8)14(11)2/h8-10H,3-7H2,1-2H3. The molecule has 3 atom stereocenters. The van der Waals surface area contributed by atoms with Crippen LogP contribution in [0.25, 0.3) is 0 Å². The Labute approximate surface area is 88.2 Å². The van der Waals surface area contributed by atoms with Crippen LogP contribution in [0.3, 0.4) is 0 Å². The molecular formula is C11H19BN2. The lowest BCUT2D eigenvalue weighted by Gasteiger charge is -2.47. The molecule has 1 saturated carbocycles. The molecule has 3 heteroatoms. The Balaban J connectivity index is 2.13. The van der Waals surface area contributed by atoms with Crippen LogP contribution in [0.2, 0.25) is 5.82 Å². The number of fused-ring (bicyclic) bond motifs is 1. The molecule has 2 radical (unpaired) electrons. The minimum absolute atomic E-state index is 0.426. The lowest BCUT2D eigenvalue weighted by atomic mass is 9.63. The molecule has 2 nitrogen and oxygen atoms in total. The van der Waals surface area contributed by atoms with Gasteiger partial charge in [-0.3, -0.25) is 4.99 Å². The highest BCUT2D eigenvalue weighted by atomic mass is 15.2. The molecule has 76 valence electrons. The SMILES string of the molecule is [B]C1CCCC2C1CCC(=NC)N2C. The molecule has 0 amide bonds. The molecule has 0 N–H and O–H groups in total. The number of nitrogens with zero attached hydrogens (tertiary/aromatic N) is 2. The summed E-state index contributed by atoms with van der Waals surface area (Å²) in [4.78, 5) is 6.71. The van der Waals surface area contributed by atoms with Gasteiger partial charge >= 0.3 is 0 Å². The second-order valence-electron chi connectivity index (χ2n) is 4.62. The maximum Gasteiger partial charge on any atom is 0.0985 e. The van der Waals surface area contributed by atoms with Crippen molar-refractivity contribution in [2.24, 2.45) is 10.9 Å². The van der Waals surface area contributed by atoms with E-state index in [0.717, 1.165) is 6.42 Å². The van der Waals surface area contributed by atoms with E-state index in [9.17, 15) is 0 Å². The van der Waals surface area contributed by atoms with E-state index in [1.807, 2.05) is 7.05 Å². The Morgan fingerprint density at radius 3 is 2.86 bits per heavy atom. The van der Waals surface area contributed by atoms with Crippen LogP contribution in [0.1, 0.15) is 32.1 Å². The predicted octanol–water partition coefficient (Wildman–Crippen LogP) is 1.87. The summed E-state index contributed by atoms with van der Waals surface area (Å²) in [6.45, 7) is 0. The first-order valence-electron chi connectivity index (χ1n) is 5.68. The normalized spacial score (nSPS) is 41.1. The smallest absolute Gasteiger partial charge is 0.0985 e. The first kappa shape index (κ1) is 10.1. The van der Waals surface area contributed by atoms with Gasteiger partial charge in [0.15, 0.2) is 0 Å². The van der Waals surface area contributed by atoms with Crippen molar-refractivity contribution in [2.45, 2.75) is 44.0 Å². The molecule has 0 bridgehead atoms. The number of aliphatic imine (C=N–C) groups is 1. The topological polar surface area (TPSA) is 15.6 Å². The van der Waals surface area contributed by atoms with E-state index in [1.165, 1.54) is 31.5 Å². The number of likely N-dealkylation sites (tertiary alicyclic amines) is 1. The van der Waals surface area contributed by atoms with Crippen molar-refractivity contribution in [3.63, 3.8) is 0 Å². The van der Waals surface area contributed by atoms with Gasteiger partial charge < -0.3 is 4.90 Å². The van der Waals surface area contributed by atoms with Crippen molar-refractivity contribution < 1.29 is 0 Å². The summed E-state index contributed by atoms with van der Waals surface area (Å²) >= 11 is 0. The van der Waals surface area contributed by atoms with E-state index in [4.69, 9.17) is 7.85 Å². The molecule has 14 heavy (non-hydrogen) atoms. The third kappa shape index (κ3) is 1.57. The highest BCUT2D eigenvalue weighted by Crippen LogP contribution is 2.40. The summed E-state index contributed by atoms with van der Waals surface area (Å²) < 4.78 is 0. The third-order valence-electron chi connectivity index (χ3n) is 3.95. The average Bonchev–Trinajstić information content (AvgIpc) is 2.20. The molecule has 0 aromatic rings. The van der Waals surface area contributed by atoms with Crippen molar-refractivity contribution >= 4 is 13.7 Å². The molecule has 0 aromatic heterocycles. The van der Waals surface area contributed by atoms with Crippen molar-refractivity contribution in [3.8, 4) is 0 Å². The zero-order valence-corrected chi connectivity index (χ0v) is 9.24. The van der Waals surface area contributed by atoms with E-state index in [-0.39, 0.29) is 0 Å². The fourth-order valence-corrected chi connectivity index (χ4v) is 3.10. The maximum atomic E-state index is 6.17. The predicted molar refractivity (Wildman–Crippen MR) is 61.0 cm³/mol. The van der Waals surface area contributed by atoms with E-state index in [2.05, 4.69) is 16.9 Å². The van der Waals surface area contributed by atoms with Crippen LogP contribution in [0.5, 0.6) is 0 Å². The number of rotatable bonds is 0. The molecule has 1 aliphatic carbocycles. The van der Waals surface area contributed by atoms with Gasteiger partial charge in [-0.1, -0.05) is 18.7 Å². The second-order valence-corrected chi connectivity index (χ2v) is 4.62. The van der Waals surface area contributed by atoms with Gasteiger partial charge in [0.2, 0.25) is 0 Å². The van der Waals surface area contributed by atoms with Crippen molar-refractivity contribution in [1.29, 1.82) is 0 Å². The minimum Gasteiger partial charge on any atom is -0.360 e. The van der Waals surface area contributed by atoms with Gasteiger partial charge in [-0.15, -0.1) is 0 Å². The molecule has 2 aliphatic rings. The quantitative estimate of drug-likeness (QED) is 0.532. The highest BCUT2D eigenvalue weighted by Gasteiger charge is 2.36. The average molecular weight is 190 g/mol. The van der Waals surface area contributed by atoms with E-state index >= 15 is 0 Å². The maximum absolute atomic E-state index is 6.17. The largest absolute Gasteiger partial charge is 0.360 e. The Bertz CT molecular complexity index is 239. The molecule has 2 rings (SSSR count). The Morgan fingerprint density at radius 2 is 2.14 bits per heavy atom. The fourth-order valence-electron chi connectivity index (χ4n) is 3.10. The number of amidine groups is 1. The summed E-state index contributed by atoms with van der Waals surface area (Å²) in [5.74, 6) is 2.40. The summed E-state index contributed by atoms with van der Waals surface area (Å²) in [5.41, 5.74) is 0. The van der Waals surface area contributed by atoms with Gasteiger partial charge in [0.05, 0.1) is 13.7 Å². The summed E-state index contributed by atoms with van der Waals surface area (Å²) in [6, 6.07) is 0.659. The second kappa shape index (κ2) is 3.96. The van der Waals surface area contributed by atoms with E-state index in [0.29, 0.717) is 17.8 Å². The van der Waals surface area contributed by atoms with Gasteiger partial charge in [-0.05, 0) is 18.8 Å². The molecule has 0 aromatic carbocycles. The molecule has 3 unspecified atom stereocenters. The van der Waals surface area contributed by atoms with Crippen LogP contribution in [0.4, 0.5) is 0 Å². The van der Waals surface area contributed by atoms with E-state index in [1.54, 1.807) is 0 Å². The molecule has 1 aliphatic heterocycles. The van der Waals surface area contributed by atoms with Crippen LogP contribution in [0.15, 0.2) is 4.99 Å². The fraction of sp³-hybridized carbons (Fsp3) is 0.909. The van der Waals surface area contributed by atoms with Gasteiger partial charge in [0.25, 0.3) is 0 Å². The lowest BCUT2D eigenvalue weighted by molar-refractivity contribution is 0.161. The first-order chi connectivity index (χ1) is 6.74. The number of hydrogen-bond donors (Lipinski definition) is 0. The Kier molecular flexibility index (Phi) is 2.84. The molecular weight excluding hydrogens is 171 g/mol. The van der Waals surface area contributed by atoms with E-state index < -0.39 is 0 Å². The van der Waals surface area contributed by atoms with Crippen molar-refractivity contribution in [2.75, 3.05) is 14.1 Å². The van der Waals surface area contributed by atoms with Crippen molar-refractivity contribution in [1.82, 2.24) is 4.90 Å². The Hall–Kier alpha value is -0.465. The van der Waals surface area contributed by atoms with Gasteiger partial charge in [0.1, 0.15) is 0 Å². The monoisotopic (exact) mass is 190 g/mol. The van der Waals surface area contributed by atoms with Gasteiger partial charge in [0, 0.05) is 26.6 Å². The first-order valence-corrected chi connectivity index (χ1v) is 5.68. The minimum atomic E-state index is 0.426. The highest BCUT2D eigenvalue weighted by molar-refractivity contribution is 6.12. The van der Waals surface area contributed by atoms with Gasteiger partial charge in [-0.25, -0.2) is 0 Å². The number of piperidine rings is 1. The molecule has 0 spiro atoms. The summed E-state index contributed by atoms with van der Waals surface area (Å²) in [6.07, 6.45) is 6.15. The third-order valence-corrected chi connectivity index (χ3v) is 3.95. The molecule has 1 heterocycles. The zero-order valence-electron chi connectivity index (χ0n) is 9.24. The zero-order chi connectivity index (χ0) is 10.1. The Morgan fingerprint density at radius 1 is 1.36 bits per heavy atom. The van der Waals surface area contributed by atoms with Crippen LogP contribution >= 0.6 is 0 Å². The van der Waals surface area contributed by atoms with Crippen LogP contribution in [-0.4, -0.2) is 38.7 Å². The van der Waals surface area contributed by atoms with Crippen LogP contribution < -0.4 is 0 Å². The summed E-state index contributed by atoms with van der Waals surface area (Å²) in [5, 5.41) is 0. The molecule has 2 fully saturated rings. The van der Waals surface area contributed by atoms with Crippen molar-refractivity contribution in [3.05, 3.63) is 0 Å².